The van der Waals surface area contributed by atoms with Gasteiger partial charge in [-0.05, 0) is 67.2 Å². The van der Waals surface area contributed by atoms with Crippen LogP contribution in [0.2, 0.25) is 0 Å². The van der Waals surface area contributed by atoms with Crippen molar-refractivity contribution in [2.75, 3.05) is 0 Å². The highest BCUT2D eigenvalue weighted by molar-refractivity contribution is 5.83. The minimum atomic E-state index is -0.439. The molecule has 0 bridgehead atoms. The van der Waals surface area contributed by atoms with Crippen molar-refractivity contribution in [3.05, 3.63) is 23.3 Å². The molecule has 0 radical (unpaired) electrons. The number of allylic oxidation sites excluding steroid dienone is 4. The van der Waals surface area contributed by atoms with Gasteiger partial charge in [0.15, 0.2) is 0 Å². The molecule has 0 heterocycles. The Kier molecular flexibility index (Phi) is 8.23. The van der Waals surface area contributed by atoms with Crippen molar-refractivity contribution >= 4 is 11.9 Å². The molecule has 2 unspecified atom stereocenters. The number of carbonyl (C=O) groups excluding carboxylic acids is 2. The molecule has 0 spiro atoms. The van der Waals surface area contributed by atoms with Crippen LogP contribution in [0.5, 0.6) is 0 Å². The van der Waals surface area contributed by atoms with Gasteiger partial charge in [-0.3, -0.25) is 9.59 Å². The lowest BCUT2D eigenvalue weighted by molar-refractivity contribution is -0.165. The fraction of sp³-hybridized carbons (Fsp3) is 0.700. The van der Waals surface area contributed by atoms with Gasteiger partial charge in [-0.25, -0.2) is 0 Å². The highest BCUT2D eigenvalue weighted by Gasteiger charge is 2.38. The highest BCUT2D eigenvalue weighted by atomic mass is 16.6. The van der Waals surface area contributed by atoms with Crippen LogP contribution in [0.4, 0.5) is 0 Å². The van der Waals surface area contributed by atoms with E-state index in [4.69, 9.17) is 9.47 Å². The molecule has 0 saturated heterocycles. The summed E-state index contributed by atoms with van der Waals surface area (Å²) in [7, 11) is 0. The minimum absolute atomic E-state index is 0.178. The molecule has 1 aliphatic carbocycles. The van der Waals surface area contributed by atoms with E-state index in [1.54, 1.807) is 0 Å². The zero-order chi connectivity index (χ0) is 18.3. The van der Waals surface area contributed by atoms with E-state index < -0.39 is 11.8 Å². The lowest BCUT2D eigenvalue weighted by Crippen LogP contribution is -2.36. The van der Waals surface area contributed by atoms with E-state index in [0.29, 0.717) is 12.8 Å². The molecule has 1 rings (SSSR count). The maximum atomic E-state index is 12.5. The predicted octanol–water partition coefficient (Wildman–Crippen LogP) is 4.59. The molecule has 4 heteroatoms. The third-order valence-electron chi connectivity index (χ3n) is 3.96. The van der Waals surface area contributed by atoms with E-state index in [-0.39, 0.29) is 24.1 Å². The van der Waals surface area contributed by atoms with Crippen molar-refractivity contribution < 1.29 is 19.1 Å². The molecule has 136 valence electrons. The Morgan fingerprint density at radius 1 is 1.08 bits per heavy atom. The molecule has 1 aliphatic rings. The zero-order valence-corrected chi connectivity index (χ0v) is 15.9. The van der Waals surface area contributed by atoms with E-state index in [0.717, 1.165) is 12.8 Å². The first-order valence-corrected chi connectivity index (χ1v) is 8.93. The normalized spacial score (nSPS) is 20.6. The van der Waals surface area contributed by atoms with Crippen molar-refractivity contribution in [2.24, 2.45) is 11.8 Å². The number of carbonyl (C=O) groups is 2. The van der Waals surface area contributed by atoms with Crippen LogP contribution in [0.1, 0.15) is 67.2 Å². The van der Waals surface area contributed by atoms with E-state index in [2.05, 4.69) is 26.0 Å². The smallest absolute Gasteiger partial charge is 0.310 e. The lowest BCUT2D eigenvalue weighted by atomic mass is 9.78. The SMILES string of the molecule is CC(C)=CCCC1=CCC(C(=O)OC(C)C)C(C(=O)OC(C)C)C1. The number of esters is 2. The van der Waals surface area contributed by atoms with Crippen LogP contribution in [-0.2, 0) is 19.1 Å². The molecule has 0 fully saturated rings. The van der Waals surface area contributed by atoms with Gasteiger partial charge >= 0.3 is 11.9 Å². The average Bonchev–Trinajstić information content (AvgIpc) is 2.45. The summed E-state index contributed by atoms with van der Waals surface area (Å²) in [6.07, 6.45) is 6.95. The first kappa shape index (κ1) is 20.5. The Hall–Kier alpha value is -1.58. The van der Waals surface area contributed by atoms with Gasteiger partial charge in [0.05, 0.1) is 24.0 Å². The van der Waals surface area contributed by atoms with Crippen LogP contribution in [0.3, 0.4) is 0 Å². The van der Waals surface area contributed by atoms with Crippen molar-refractivity contribution in [1.29, 1.82) is 0 Å². The summed E-state index contributed by atoms with van der Waals surface area (Å²) in [5.41, 5.74) is 2.52. The summed E-state index contributed by atoms with van der Waals surface area (Å²) in [4.78, 5) is 24.8. The summed E-state index contributed by atoms with van der Waals surface area (Å²) in [5.74, 6) is -1.46. The van der Waals surface area contributed by atoms with Gasteiger partial charge in [0.2, 0.25) is 0 Å². The Morgan fingerprint density at radius 2 is 1.62 bits per heavy atom. The molecule has 0 N–H and O–H groups in total. The number of ether oxygens (including phenoxy) is 2. The second kappa shape index (κ2) is 9.65. The van der Waals surface area contributed by atoms with Gasteiger partial charge < -0.3 is 9.47 Å². The quantitative estimate of drug-likeness (QED) is 0.504. The summed E-state index contributed by atoms with van der Waals surface area (Å²) >= 11 is 0. The molecule has 2 atom stereocenters. The van der Waals surface area contributed by atoms with E-state index >= 15 is 0 Å². The molecule has 0 aromatic carbocycles. The number of hydrogen-bond donors (Lipinski definition) is 0. The lowest BCUT2D eigenvalue weighted by Gasteiger charge is -2.29. The van der Waals surface area contributed by atoms with E-state index in [1.165, 1.54) is 11.1 Å². The van der Waals surface area contributed by atoms with E-state index in [1.807, 2.05) is 27.7 Å². The van der Waals surface area contributed by atoms with Crippen LogP contribution in [-0.4, -0.2) is 24.1 Å². The van der Waals surface area contributed by atoms with Gasteiger partial charge in [0.25, 0.3) is 0 Å². The maximum absolute atomic E-state index is 12.5. The van der Waals surface area contributed by atoms with Crippen molar-refractivity contribution in [3.8, 4) is 0 Å². The average molecular weight is 336 g/mol. The monoisotopic (exact) mass is 336 g/mol. The molecule has 0 saturated carbocycles. The van der Waals surface area contributed by atoms with Crippen LogP contribution in [0.25, 0.3) is 0 Å². The predicted molar refractivity (Wildman–Crippen MR) is 95.4 cm³/mol. The van der Waals surface area contributed by atoms with Crippen molar-refractivity contribution in [2.45, 2.75) is 79.4 Å². The second-order valence-electron chi connectivity index (χ2n) is 7.31. The second-order valence-corrected chi connectivity index (χ2v) is 7.31. The standard InChI is InChI=1S/C20H32O4/c1-13(2)8-7-9-16-10-11-17(19(21)23-14(3)4)18(12-16)20(22)24-15(5)6/h8,10,14-15,17-18H,7,9,11-12H2,1-6H3. The topological polar surface area (TPSA) is 52.6 Å². The first-order valence-electron chi connectivity index (χ1n) is 8.93. The van der Waals surface area contributed by atoms with Gasteiger partial charge in [-0.2, -0.15) is 0 Å². The summed E-state index contributed by atoms with van der Waals surface area (Å²) in [6, 6.07) is 0. The van der Waals surface area contributed by atoms with Gasteiger partial charge in [-0.1, -0.05) is 23.3 Å². The molecular formula is C20H32O4. The fourth-order valence-corrected chi connectivity index (χ4v) is 2.86. The van der Waals surface area contributed by atoms with Gasteiger partial charge in [0, 0.05) is 0 Å². The molecule has 0 aromatic rings. The molecule has 0 amide bonds. The Bertz CT molecular complexity index is 496. The zero-order valence-electron chi connectivity index (χ0n) is 15.9. The van der Waals surface area contributed by atoms with Crippen molar-refractivity contribution in [1.82, 2.24) is 0 Å². The number of rotatable bonds is 7. The maximum Gasteiger partial charge on any atom is 0.310 e. The van der Waals surface area contributed by atoms with Crippen LogP contribution in [0, 0.1) is 11.8 Å². The fourth-order valence-electron chi connectivity index (χ4n) is 2.86. The summed E-state index contributed by atoms with van der Waals surface area (Å²) in [6.45, 7) is 11.5. The van der Waals surface area contributed by atoms with Crippen LogP contribution in [0.15, 0.2) is 23.3 Å². The van der Waals surface area contributed by atoms with Gasteiger partial charge in [0.1, 0.15) is 0 Å². The van der Waals surface area contributed by atoms with Gasteiger partial charge in [-0.15, -0.1) is 0 Å². The summed E-state index contributed by atoms with van der Waals surface area (Å²) < 4.78 is 10.7. The molecule has 4 nitrogen and oxygen atoms in total. The third kappa shape index (κ3) is 6.90. The third-order valence-corrected chi connectivity index (χ3v) is 3.96. The minimum Gasteiger partial charge on any atom is -0.463 e. The molecule has 0 aromatic heterocycles. The largest absolute Gasteiger partial charge is 0.463 e. The Balaban J connectivity index is 2.85. The Morgan fingerprint density at radius 3 is 2.12 bits per heavy atom. The summed E-state index contributed by atoms with van der Waals surface area (Å²) in [5, 5.41) is 0. The molecule has 24 heavy (non-hydrogen) atoms. The van der Waals surface area contributed by atoms with Crippen LogP contribution < -0.4 is 0 Å². The number of hydrogen-bond acceptors (Lipinski definition) is 4. The Labute approximate surface area is 146 Å². The van der Waals surface area contributed by atoms with E-state index in [9.17, 15) is 9.59 Å². The molecule has 0 aliphatic heterocycles. The molecular weight excluding hydrogens is 304 g/mol. The van der Waals surface area contributed by atoms with Crippen molar-refractivity contribution in [3.63, 3.8) is 0 Å². The first-order chi connectivity index (χ1) is 11.2. The van der Waals surface area contributed by atoms with Crippen LogP contribution >= 0.6 is 0 Å². The highest BCUT2D eigenvalue weighted by Crippen LogP contribution is 2.34.